The van der Waals surface area contributed by atoms with Gasteiger partial charge in [-0.15, -0.1) is 0 Å². The van der Waals surface area contributed by atoms with Gasteiger partial charge in [0.15, 0.2) is 17.3 Å². The van der Waals surface area contributed by atoms with Crippen molar-refractivity contribution in [1.29, 1.82) is 0 Å². The summed E-state index contributed by atoms with van der Waals surface area (Å²) >= 11 is 3.56. The summed E-state index contributed by atoms with van der Waals surface area (Å²) in [7, 11) is 1.58. The molecular weight excluding hydrogens is 488 g/mol. The SMILES string of the molecule is COc1cc(/C=N\NC(=O)CC2(C)OCCO2)cc(Br)c1OCc1cccc2ccccc12. The van der Waals surface area contributed by atoms with Gasteiger partial charge in [0.2, 0.25) is 5.91 Å². The van der Waals surface area contributed by atoms with Crippen LogP contribution in [-0.2, 0) is 20.9 Å². The number of rotatable bonds is 8. The number of hydrogen-bond donors (Lipinski definition) is 1. The fourth-order valence-corrected chi connectivity index (χ4v) is 4.27. The second kappa shape index (κ2) is 10.3. The molecule has 4 rings (SSSR count). The third-order valence-electron chi connectivity index (χ3n) is 5.29. The van der Waals surface area contributed by atoms with Gasteiger partial charge >= 0.3 is 0 Å². The second-order valence-electron chi connectivity index (χ2n) is 7.76. The molecule has 1 amide bonds. The highest BCUT2D eigenvalue weighted by molar-refractivity contribution is 9.10. The summed E-state index contributed by atoms with van der Waals surface area (Å²) in [6.07, 6.45) is 1.61. The number of amides is 1. The average molecular weight is 513 g/mol. The molecule has 0 bridgehead atoms. The van der Waals surface area contributed by atoms with Crippen molar-refractivity contribution < 1.29 is 23.7 Å². The van der Waals surface area contributed by atoms with Crippen molar-refractivity contribution in [2.45, 2.75) is 25.7 Å². The van der Waals surface area contributed by atoms with Gasteiger partial charge in [-0.2, -0.15) is 5.10 Å². The zero-order chi connectivity index (χ0) is 23.3. The van der Waals surface area contributed by atoms with E-state index in [2.05, 4.69) is 50.7 Å². The number of hydrazone groups is 1. The smallest absolute Gasteiger partial charge is 0.245 e. The summed E-state index contributed by atoms with van der Waals surface area (Å²) in [6.45, 7) is 3.09. The standard InChI is InChI=1S/C25H25BrN2O5/c1-25(32-10-11-33-25)14-23(29)28-27-15-17-12-21(26)24(22(13-17)30-2)31-16-19-8-5-7-18-6-3-4-9-20(18)19/h3-9,12-13,15H,10-11,14,16H2,1-2H3,(H,28,29)/b27-15-. The number of nitrogens with one attached hydrogen (secondary N) is 1. The van der Waals surface area contributed by atoms with Crippen molar-refractivity contribution in [3.8, 4) is 11.5 Å². The molecule has 1 heterocycles. The maximum Gasteiger partial charge on any atom is 0.245 e. The van der Waals surface area contributed by atoms with Crippen LogP contribution in [0.25, 0.3) is 10.8 Å². The number of carbonyl (C=O) groups excluding carboxylic acids is 1. The van der Waals surface area contributed by atoms with E-state index >= 15 is 0 Å². The van der Waals surface area contributed by atoms with E-state index in [-0.39, 0.29) is 12.3 Å². The molecule has 1 fully saturated rings. The molecule has 33 heavy (non-hydrogen) atoms. The number of hydrogen-bond acceptors (Lipinski definition) is 6. The van der Waals surface area contributed by atoms with Crippen molar-refractivity contribution in [2.24, 2.45) is 5.10 Å². The lowest BCUT2D eigenvalue weighted by Crippen LogP contribution is -2.33. The van der Waals surface area contributed by atoms with Crippen molar-refractivity contribution in [3.63, 3.8) is 0 Å². The molecule has 172 valence electrons. The maximum absolute atomic E-state index is 12.1. The molecule has 0 radical (unpaired) electrons. The predicted molar refractivity (Wildman–Crippen MR) is 130 cm³/mol. The third-order valence-corrected chi connectivity index (χ3v) is 5.88. The van der Waals surface area contributed by atoms with E-state index in [9.17, 15) is 4.79 Å². The largest absolute Gasteiger partial charge is 0.493 e. The second-order valence-corrected chi connectivity index (χ2v) is 8.62. The Hall–Kier alpha value is -2.94. The van der Waals surface area contributed by atoms with Crippen LogP contribution in [0.2, 0.25) is 0 Å². The molecule has 8 heteroatoms. The first-order valence-electron chi connectivity index (χ1n) is 10.5. The Morgan fingerprint density at radius 3 is 2.73 bits per heavy atom. The van der Waals surface area contributed by atoms with E-state index in [1.54, 1.807) is 26.3 Å². The highest BCUT2D eigenvalue weighted by Gasteiger charge is 2.33. The Morgan fingerprint density at radius 2 is 1.94 bits per heavy atom. The quantitative estimate of drug-likeness (QED) is 0.346. The lowest BCUT2D eigenvalue weighted by atomic mass is 10.1. The monoisotopic (exact) mass is 512 g/mol. The summed E-state index contributed by atoms with van der Waals surface area (Å²) in [4.78, 5) is 12.1. The predicted octanol–water partition coefficient (Wildman–Crippen LogP) is 4.79. The Labute approximate surface area is 200 Å². The van der Waals surface area contributed by atoms with Gasteiger partial charge in [0.05, 0.1) is 37.4 Å². The third kappa shape index (κ3) is 5.71. The highest BCUT2D eigenvalue weighted by atomic mass is 79.9. The van der Waals surface area contributed by atoms with Gasteiger partial charge < -0.3 is 18.9 Å². The van der Waals surface area contributed by atoms with Gasteiger partial charge in [0.1, 0.15) is 6.61 Å². The van der Waals surface area contributed by atoms with Crippen LogP contribution in [0, 0.1) is 0 Å². The molecule has 1 aliphatic rings. The Balaban J connectivity index is 1.43. The van der Waals surface area contributed by atoms with Crippen LogP contribution >= 0.6 is 15.9 Å². The Morgan fingerprint density at radius 1 is 1.18 bits per heavy atom. The number of ether oxygens (including phenoxy) is 4. The van der Waals surface area contributed by atoms with Gasteiger partial charge in [-0.05, 0) is 56.9 Å². The number of nitrogens with zero attached hydrogens (tertiary/aromatic N) is 1. The molecule has 0 unspecified atom stereocenters. The topological polar surface area (TPSA) is 78.4 Å². The number of benzene rings is 3. The van der Waals surface area contributed by atoms with Crippen molar-refractivity contribution >= 4 is 38.8 Å². The van der Waals surface area contributed by atoms with Crippen molar-refractivity contribution in [1.82, 2.24) is 5.43 Å². The zero-order valence-corrected chi connectivity index (χ0v) is 20.1. The van der Waals surface area contributed by atoms with Crippen molar-refractivity contribution in [3.05, 3.63) is 70.2 Å². The Kier molecular flexibility index (Phi) is 7.27. The van der Waals surface area contributed by atoms with Gasteiger partial charge in [-0.1, -0.05) is 42.5 Å². The lowest BCUT2D eigenvalue weighted by molar-refractivity contribution is -0.159. The molecule has 0 spiro atoms. The molecule has 1 aliphatic heterocycles. The minimum absolute atomic E-state index is 0.0678. The summed E-state index contributed by atoms with van der Waals surface area (Å²) in [5.74, 6) is -0.0426. The fraction of sp³-hybridized carbons (Fsp3) is 0.280. The molecule has 0 saturated carbocycles. The summed E-state index contributed by atoms with van der Waals surface area (Å²) < 4.78 is 23.3. The number of halogens is 1. The van der Waals surface area contributed by atoms with E-state index in [4.69, 9.17) is 18.9 Å². The first-order chi connectivity index (χ1) is 16.0. The van der Waals surface area contributed by atoms with Crippen LogP contribution in [0.15, 0.2) is 64.2 Å². The van der Waals surface area contributed by atoms with E-state index in [1.807, 2.05) is 24.3 Å². The molecule has 0 atom stereocenters. The molecule has 0 aromatic heterocycles. The van der Waals surface area contributed by atoms with Gasteiger partial charge in [0, 0.05) is 0 Å². The molecule has 0 aliphatic carbocycles. The zero-order valence-electron chi connectivity index (χ0n) is 18.5. The Bertz CT molecular complexity index is 1170. The molecular formula is C25H25BrN2O5. The molecule has 1 saturated heterocycles. The first kappa shape index (κ1) is 23.2. The normalized spacial score (nSPS) is 15.1. The number of fused-ring (bicyclic) bond motifs is 1. The van der Waals surface area contributed by atoms with Crippen LogP contribution in [0.1, 0.15) is 24.5 Å². The summed E-state index contributed by atoms with van der Waals surface area (Å²) in [5.41, 5.74) is 4.32. The molecule has 7 nitrogen and oxygen atoms in total. The van der Waals surface area contributed by atoms with Crippen LogP contribution < -0.4 is 14.9 Å². The molecule has 3 aromatic carbocycles. The maximum atomic E-state index is 12.1. The van der Waals surface area contributed by atoms with Crippen LogP contribution in [0.5, 0.6) is 11.5 Å². The minimum Gasteiger partial charge on any atom is -0.493 e. The first-order valence-corrected chi connectivity index (χ1v) is 11.3. The highest BCUT2D eigenvalue weighted by Crippen LogP contribution is 2.37. The van der Waals surface area contributed by atoms with Crippen molar-refractivity contribution in [2.75, 3.05) is 20.3 Å². The number of methoxy groups -OCH3 is 1. The molecule has 1 N–H and O–H groups in total. The summed E-state index contributed by atoms with van der Waals surface area (Å²) in [5, 5.41) is 6.35. The summed E-state index contributed by atoms with van der Waals surface area (Å²) in [6, 6.07) is 18.0. The average Bonchev–Trinajstić information content (AvgIpc) is 3.23. The van der Waals surface area contributed by atoms with Gasteiger partial charge in [-0.25, -0.2) is 5.43 Å². The van der Waals surface area contributed by atoms with Crippen LogP contribution in [0.4, 0.5) is 0 Å². The number of carbonyl (C=O) groups is 1. The van der Waals surface area contributed by atoms with Gasteiger partial charge in [-0.3, -0.25) is 4.79 Å². The van der Waals surface area contributed by atoms with E-state index in [1.165, 1.54) is 5.39 Å². The van der Waals surface area contributed by atoms with E-state index in [0.29, 0.717) is 31.3 Å². The fourth-order valence-electron chi connectivity index (χ4n) is 3.69. The van der Waals surface area contributed by atoms with Crippen LogP contribution in [-0.4, -0.2) is 38.2 Å². The lowest BCUT2D eigenvalue weighted by Gasteiger charge is -2.20. The van der Waals surface area contributed by atoms with E-state index in [0.717, 1.165) is 21.0 Å². The molecule has 3 aromatic rings. The minimum atomic E-state index is -0.894. The van der Waals surface area contributed by atoms with Gasteiger partial charge in [0.25, 0.3) is 0 Å². The van der Waals surface area contributed by atoms with Crippen LogP contribution in [0.3, 0.4) is 0 Å². The van der Waals surface area contributed by atoms with E-state index < -0.39 is 5.79 Å².